The van der Waals surface area contributed by atoms with E-state index >= 15 is 0 Å². The second-order valence-corrected chi connectivity index (χ2v) is 7.18. The van der Waals surface area contributed by atoms with Crippen LogP contribution in [0.1, 0.15) is 34.2 Å². The zero-order valence-corrected chi connectivity index (χ0v) is 17.0. The number of carbonyl (C=O) groups is 2. The largest absolute Gasteiger partial charge is 0.507 e. The number of methoxy groups -OCH3 is 1. The molecule has 2 N–H and O–H groups in total. The molecule has 1 aromatic carbocycles. The fourth-order valence-electron chi connectivity index (χ4n) is 3.88. The quantitative estimate of drug-likeness (QED) is 0.389. The number of aliphatic hydroxyl groups is 1. The number of amides is 1. The molecule has 1 aliphatic heterocycles. The molecular formula is C22H21N3O5. The number of anilines is 1. The lowest BCUT2D eigenvalue weighted by molar-refractivity contribution is -0.132. The summed E-state index contributed by atoms with van der Waals surface area (Å²) in [6, 6.07) is 7.68. The highest BCUT2D eigenvalue weighted by atomic mass is 16.5. The highest BCUT2D eigenvalue weighted by molar-refractivity contribution is 6.51. The number of aromatic nitrogens is 2. The van der Waals surface area contributed by atoms with Gasteiger partial charge in [-0.1, -0.05) is 23.4 Å². The molecule has 0 radical (unpaired) electrons. The first-order chi connectivity index (χ1) is 14.3. The number of para-hydroxylation sites is 1. The number of benzene rings is 1. The smallest absolute Gasteiger partial charge is 0.301 e. The maximum Gasteiger partial charge on any atom is 0.301 e. The number of hydrogen-bond acceptors (Lipinski definition) is 6. The van der Waals surface area contributed by atoms with Crippen LogP contribution in [0.5, 0.6) is 5.75 Å². The van der Waals surface area contributed by atoms with Crippen LogP contribution in [-0.2, 0) is 9.59 Å². The van der Waals surface area contributed by atoms with Crippen molar-refractivity contribution < 1.29 is 24.0 Å². The van der Waals surface area contributed by atoms with Gasteiger partial charge >= 0.3 is 5.91 Å². The molecule has 8 heteroatoms. The van der Waals surface area contributed by atoms with E-state index in [2.05, 4.69) is 10.1 Å². The summed E-state index contributed by atoms with van der Waals surface area (Å²) in [4.78, 5) is 30.4. The van der Waals surface area contributed by atoms with Crippen molar-refractivity contribution in [2.75, 3.05) is 12.0 Å². The molecule has 1 fully saturated rings. The molecule has 1 atom stereocenters. The lowest BCUT2D eigenvalue weighted by Gasteiger charge is -2.24. The van der Waals surface area contributed by atoms with Gasteiger partial charge < -0.3 is 19.4 Å². The highest BCUT2D eigenvalue weighted by Gasteiger charge is 2.49. The van der Waals surface area contributed by atoms with Gasteiger partial charge in [0.15, 0.2) is 5.82 Å². The van der Waals surface area contributed by atoms with Crippen LogP contribution in [0.4, 0.5) is 5.82 Å². The summed E-state index contributed by atoms with van der Waals surface area (Å²) in [5.41, 5.74) is 2.45. The Bertz CT molecular complexity index is 1170. The molecule has 0 saturated carbocycles. The van der Waals surface area contributed by atoms with Crippen LogP contribution in [0.15, 0.2) is 46.6 Å². The van der Waals surface area contributed by atoms with Gasteiger partial charge in [-0.05, 0) is 32.4 Å². The van der Waals surface area contributed by atoms with Crippen molar-refractivity contribution in [1.82, 2.24) is 10.1 Å². The molecule has 3 heterocycles. The van der Waals surface area contributed by atoms with Crippen molar-refractivity contribution in [2.24, 2.45) is 0 Å². The molecule has 2 aromatic heterocycles. The van der Waals surface area contributed by atoms with Crippen LogP contribution < -0.4 is 9.64 Å². The van der Waals surface area contributed by atoms with Gasteiger partial charge in [-0.25, -0.2) is 0 Å². The number of ether oxygens (including phenoxy) is 1. The summed E-state index contributed by atoms with van der Waals surface area (Å²) in [6.45, 7) is 5.29. The summed E-state index contributed by atoms with van der Waals surface area (Å²) in [6.07, 6.45) is 1.74. The fourth-order valence-corrected chi connectivity index (χ4v) is 3.88. The van der Waals surface area contributed by atoms with Crippen LogP contribution >= 0.6 is 0 Å². The van der Waals surface area contributed by atoms with Crippen molar-refractivity contribution in [3.63, 3.8) is 0 Å². The van der Waals surface area contributed by atoms with Crippen LogP contribution in [0.2, 0.25) is 0 Å². The number of hydrogen-bond donors (Lipinski definition) is 2. The van der Waals surface area contributed by atoms with Gasteiger partial charge in [0, 0.05) is 29.1 Å². The molecule has 3 aromatic rings. The Hall–Kier alpha value is -3.81. The third kappa shape index (κ3) is 2.88. The predicted molar refractivity (Wildman–Crippen MR) is 109 cm³/mol. The molecular weight excluding hydrogens is 386 g/mol. The average molecular weight is 407 g/mol. The van der Waals surface area contributed by atoms with E-state index in [4.69, 9.17) is 9.26 Å². The minimum Gasteiger partial charge on any atom is -0.507 e. The number of aliphatic hydroxyl groups excluding tert-OH is 1. The van der Waals surface area contributed by atoms with Crippen molar-refractivity contribution in [3.8, 4) is 5.75 Å². The summed E-state index contributed by atoms with van der Waals surface area (Å²) in [5, 5.41) is 15.1. The zero-order chi connectivity index (χ0) is 21.6. The number of Topliss-reactive ketones (excluding diaryl/α,β-unsaturated/α-hetero) is 1. The van der Waals surface area contributed by atoms with E-state index in [0.29, 0.717) is 28.3 Å². The minimum absolute atomic E-state index is 0.0315. The van der Waals surface area contributed by atoms with Gasteiger partial charge in [0.05, 0.1) is 12.7 Å². The number of H-pyrrole nitrogens is 1. The molecule has 0 aliphatic carbocycles. The summed E-state index contributed by atoms with van der Waals surface area (Å²) in [7, 11) is 1.51. The first kappa shape index (κ1) is 19.5. The third-order valence-electron chi connectivity index (χ3n) is 5.25. The number of aryl methyl sites for hydroxylation is 3. The Morgan fingerprint density at radius 3 is 2.57 bits per heavy atom. The van der Waals surface area contributed by atoms with E-state index in [1.165, 1.54) is 12.0 Å². The van der Waals surface area contributed by atoms with Crippen molar-refractivity contribution in [2.45, 2.75) is 26.8 Å². The summed E-state index contributed by atoms with van der Waals surface area (Å²) in [5.74, 6) is -0.697. The third-order valence-corrected chi connectivity index (χ3v) is 5.25. The topological polar surface area (TPSA) is 109 Å². The van der Waals surface area contributed by atoms with E-state index < -0.39 is 17.7 Å². The number of aromatic amines is 1. The van der Waals surface area contributed by atoms with E-state index in [9.17, 15) is 14.7 Å². The molecule has 0 bridgehead atoms. The second-order valence-electron chi connectivity index (χ2n) is 7.18. The molecule has 1 unspecified atom stereocenters. The van der Waals surface area contributed by atoms with E-state index in [1.807, 2.05) is 6.92 Å². The maximum atomic E-state index is 13.1. The Morgan fingerprint density at radius 1 is 1.23 bits per heavy atom. The Balaban J connectivity index is 2.02. The highest BCUT2D eigenvalue weighted by Crippen LogP contribution is 2.45. The Labute approximate surface area is 172 Å². The molecule has 8 nitrogen and oxygen atoms in total. The van der Waals surface area contributed by atoms with Crippen LogP contribution in [-0.4, -0.2) is 34.0 Å². The monoisotopic (exact) mass is 407 g/mol. The van der Waals surface area contributed by atoms with Gasteiger partial charge in [0.2, 0.25) is 0 Å². The normalized spacial score (nSPS) is 18.3. The van der Waals surface area contributed by atoms with E-state index in [-0.39, 0.29) is 17.2 Å². The van der Waals surface area contributed by atoms with Gasteiger partial charge in [0.1, 0.15) is 23.3 Å². The van der Waals surface area contributed by atoms with E-state index in [1.54, 1.807) is 50.4 Å². The summed E-state index contributed by atoms with van der Waals surface area (Å²) >= 11 is 0. The molecule has 1 saturated heterocycles. The SMILES string of the molecule is COc1ccccc1C1/C(=C(\O)c2c(C)c[nH]c2C)C(=O)C(=O)N1c1cc(C)on1. The predicted octanol–water partition coefficient (Wildman–Crippen LogP) is 3.56. The second kappa shape index (κ2) is 7.22. The van der Waals surface area contributed by atoms with Gasteiger partial charge in [-0.3, -0.25) is 14.5 Å². The molecule has 0 spiro atoms. The number of carbonyl (C=O) groups excluding carboxylic acids is 2. The molecule has 154 valence electrons. The number of nitrogens with one attached hydrogen (secondary N) is 1. The maximum absolute atomic E-state index is 13.1. The lowest BCUT2D eigenvalue weighted by Crippen LogP contribution is -2.29. The first-order valence-electron chi connectivity index (χ1n) is 9.37. The molecule has 30 heavy (non-hydrogen) atoms. The van der Waals surface area contributed by atoms with Crippen LogP contribution in [0.3, 0.4) is 0 Å². The zero-order valence-electron chi connectivity index (χ0n) is 17.0. The van der Waals surface area contributed by atoms with Gasteiger partial charge in [-0.2, -0.15) is 0 Å². The number of rotatable bonds is 4. The molecule has 4 rings (SSSR count). The first-order valence-corrected chi connectivity index (χ1v) is 9.37. The van der Waals surface area contributed by atoms with Crippen LogP contribution in [0.25, 0.3) is 5.76 Å². The molecule has 1 aliphatic rings. The van der Waals surface area contributed by atoms with Crippen molar-refractivity contribution in [3.05, 3.63) is 70.2 Å². The standard InChI is InChI=1S/C22H21N3O5/c1-11-10-23-13(3)17(11)20(26)18-19(14-7-5-6-8-15(14)29-4)25(22(28)21(18)27)16-9-12(2)30-24-16/h5-10,19,23,26H,1-4H3/b20-18+. The van der Waals surface area contributed by atoms with Crippen LogP contribution in [0, 0.1) is 20.8 Å². The Kier molecular flexibility index (Phi) is 4.69. The summed E-state index contributed by atoms with van der Waals surface area (Å²) < 4.78 is 10.6. The van der Waals surface area contributed by atoms with Crippen molar-refractivity contribution in [1.29, 1.82) is 0 Å². The molecule has 1 amide bonds. The number of nitrogens with zero attached hydrogens (tertiary/aromatic N) is 2. The van der Waals surface area contributed by atoms with Gasteiger partial charge in [-0.15, -0.1) is 0 Å². The van der Waals surface area contributed by atoms with Gasteiger partial charge in [0.25, 0.3) is 5.78 Å². The minimum atomic E-state index is -0.931. The number of ketones is 1. The van der Waals surface area contributed by atoms with Crippen molar-refractivity contribution >= 4 is 23.3 Å². The Morgan fingerprint density at radius 2 is 1.97 bits per heavy atom. The van der Waals surface area contributed by atoms with E-state index in [0.717, 1.165) is 5.56 Å². The lowest BCUT2D eigenvalue weighted by atomic mass is 9.94. The fraction of sp³-hybridized carbons (Fsp3) is 0.227. The average Bonchev–Trinajstić information content (AvgIpc) is 3.38.